The molecule has 0 aliphatic heterocycles. The van der Waals surface area contributed by atoms with Gasteiger partial charge in [-0.3, -0.25) is 4.79 Å². The fraction of sp³-hybridized carbons (Fsp3) is 0.176. The van der Waals surface area contributed by atoms with Gasteiger partial charge in [-0.15, -0.1) is 0 Å². The molecule has 0 saturated carbocycles. The van der Waals surface area contributed by atoms with E-state index in [0.717, 1.165) is 0 Å². The topological polar surface area (TPSA) is 62.1 Å². The van der Waals surface area contributed by atoms with Gasteiger partial charge in [0, 0.05) is 5.69 Å². The van der Waals surface area contributed by atoms with Crippen LogP contribution in [-0.2, 0) is 0 Å². The first kappa shape index (κ1) is 14.6. The highest BCUT2D eigenvalue weighted by atomic mass is 16.5. The molecule has 21 heavy (non-hydrogen) atoms. The Labute approximate surface area is 124 Å². The standard InChI is InChI=1S/C17H16N2O2/c1-12(2)21-16-6-4-3-5-15(16)17(20)19-14-9-7-13(11-18)8-10-14/h3-10,12H,1-2H3,(H,19,20). The molecule has 106 valence electrons. The van der Waals surface area contributed by atoms with Gasteiger partial charge in [0.25, 0.3) is 5.91 Å². The lowest BCUT2D eigenvalue weighted by Crippen LogP contribution is -2.15. The van der Waals surface area contributed by atoms with E-state index in [9.17, 15) is 4.79 Å². The number of anilines is 1. The molecule has 1 amide bonds. The van der Waals surface area contributed by atoms with Crippen LogP contribution < -0.4 is 10.1 Å². The van der Waals surface area contributed by atoms with Gasteiger partial charge in [0.15, 0.2) is 0 Å². The lowest BCUT2D eigenvalue weighted by molar-refractivity contribution is 0.102. The molecule has 1 N–H and O–H groups in total. The maximum atomic E-state index is 12.3. The van der Waals surface area contributed by atoms with E-state index >= 15 is 0 Å². The smallest absolute Gasteiger partial charge is 0.259 e. The Kier molecular flexibility index (Phi) is 4.57. The number of ether oxygens (including phenoxy) is 1. The van der Waals surface area contributed by atoms with E-state index in [4.69, 9.17) is 10.00 Å². The third kappa shape index (κ3) is 3.83. The Hall–Kier alpha value is -2.80. The number of nitrogens with one attached hydrogen (secondary N) is 1. The Morgan fingerprint density at radius 1 is 1.14 bits per heavy atom. The number of carbonyl (C=O) groups is 1. The minimum atomic E-state index is -0.240. The maximum Gasteiger partial charge on any atom is 0.259 e. The first-order chi connectivity index (χ1) is 10.1. The summed E-state index contributed by atoms with van der Waals surface area (Å²) in [5.41, 5.74) is 1.67. The lowest BCUT2D eigenvalue weighted by atomic mass is 10.1. The molecule has 0 bridgehead atoms. The van der Waals surface area contributed by atoms with Crippen molar-refractivity contribution < 1.29 is 9.53 Å². The molecule has 0 atom stereocenters. The highest BCUT2D eigenvalue weighted by Gasteiger charge is 2.13. The molecule has 0 fully saturated rings. The first-order valence-corrected chi connectivity index (χ1v) is 6.67. The van der Waals surface area contributed by atoms with E-state index in [1.54, 1.807) is 42.5 Å². The number of nitriles is 1. The largest absolute Gasteiger partial charge is 0.490 e. The zero-order valence-electron chi connectivity index (χ0n) is 12.0. The normalized spacial score (nSPS) is 10.0. The van der Waals surface area contributed by atoms with E-state index < -0.39 is 0 Å². The summed E-state index contributed by atoms with van der Waals surface area (Å²) >= 11 is 0. The molecule has 2 rings (SSSR count). The second-order valence-electron chi connectivity index (χ2n) is 4.81. The van der Waals surface area contributed by atoms with Crippen LogP contribution in [0.4, 0.5) is 5.69 Å². The highest BCUT2D eigenvalue weighted by Crippen LogP contribution is 2.21. The van der Waals surface area contributed by atoms with Gasteiger partial charge < -0.3 is 10.1 Å². The van der Waals surface area contributed by atoms with Crippen molar-refractivity contribution in [1.82, 2.24) is 0 Å². The summed E-state index contributed by atoms with van der Waals surface area (Å²) in [5.74, 6) is 0.314. The Morgan fingerprint density at radius 3 is 2.43 bits per heavy atom. The Morgan fingerprint density at radius 2 is 1.81 bits per heavy atom. The molecular weight excluding hydrogens is 264 g/mol. The van der Waals surface area contributed by atoms with Crippen LogP contribution in [0.15, 0.2) is 48.5 Å². The van der Waals surface area contributed by atoms with E-state index in [0.29, 0.717) is 22.6 Å². The van der Waals surface area contributed by atoms with Gasteiger partial charge in [-0.25, -0.2) is 0 Å². The predicted octanol–water partition coefficient (Wildman–Crippen LogP) is 3.60. The molecule has 0 spiro atoms. The van der Waals surface area contributed by atoms with Gasteiger partial charge in [-0.2, -0.15) is 5.26 Å². The van der Waals surface area contributed by atoms with Gasteiger partial charge in [0.1, 0.15) is 5.75 Å². The summed E-state index contributed by atoms with van der Waals surface area (Å²) < 4.78 is 5.64. The van der Waals surface area contributed by atoms with Gasteiger partial charge in [0.05, 0.1) is 23.3 Å². The number of amides is 1. The van der Waals surface area contributed by atoms with Crippen LogP contribution in [-0.4, -0.2) is 12.0 Å². The van der Waals surface area contributed by atoms with Crippen LogP contribution in [0.3, 0.4) is 0 Å². The monoisotopic (exact) mass is 280 g/mol. The van der Waals surface area contributed by atoms with Crippen LogP contribution >= 0.6 is 0 Å². The van der Waals surface area contributed by atoms with Crippen molar-refractivity contribution in [1.29, 1.82) is 5.26 Å². The van der Waals surface area contributed by atoms with Crippen LogP contribution in [0.1, 0.15) is 29.8 Å². The number of nitrogens with zero attached hydrogens (tertiary/aromatic N) is 1. The average Bonchev–Trinajstić information content (AvgIpc) is 2.48. The molecule has 2 aromatic rings. The van der Waals surface area contributed by atoms with Gasteiger partial charge >= 0.3 is 0 Å². The van der Waals surface area contributed by atoms with Crippen molar-refractivity contribution in [2.24, 2.45) is 0 Å². The minimum Gasteiger partial charge on any atom is -0.490 e. The molecule has 0 radical (unpaired) electrons. The van der Waals surface area contributed by atoms with Crippen LogP contribution in [0.25, 0.3) is 0 Å². The summed E-state index contributed by atoms with van der Waals surface area (Å²) in [5, 5.41) is 11.5. The van der Waals surface area contributed by atoms with Gasteiger partial charge in [-0.05, 0) is 50.2 Å². The predicted molar refractivity (Wildman–Crippen MR) is 81.3 cm³/mol. The highest BCUT2D eigenvalue weighted by molar-refractivity contribution is 6.06. The second-order valence-corrected chi connectivity index (χ2v) is 4.81. The fourth-order valence-corrected chi connectivity index (χ4v) is 1.84. The van der Waals surface area contributed by atoms with Crippen molar-refractivity contribution in [3.63, 3.8) is 0 Å². The first-order valence-electron chi connectivity index (χ1n) is 6.67. The molecular formula is C17H16N2O2. The van der Waals surface area contributed by atoms with Crippen LogP contribution in [0.5, 0.6) is 5.75 Å². The number of hydrogen-bond acceptors (Lipinski definition) is 3. The third-order valence-electron chi connectivity index (χ3n) is 2.77. The van der Waals surface area contributed by atoms with Crippen molar-refractivity contribution in [2.45, 2.75) is 20.0 Å². The summed E-state index contributed by atoms with van der Waals surface area (Å²) in [6.45, 7) is 3.82. The van der Waals surface area contributed by atoms with Gasteiger partial charge in [-0.1, -0.05) is 12.1 Å². The quantitative estimate of drug-likeness (QED) is 0.930. The average molecular weight is 280 g/mol. The summed E-state index contributed by atoms with van der Waals surface area (Å²) in [6, 6.07) is 15.9. The van der Waals surface area contributed by atoms with Crippen molar-refractivity contribution in [2.75, 3.05) is 5.32 Å². The van der Waals surface area contributed by atoms with Crippen molar-refractivity contribution in [3.8, 4) is 11.8 Å². The summed E-state index contributed by atoms with van der Waals surface area (Å²) in [4.78, 5) is 12.3. The summed E-state index contributed by atoms with van der Waals surface area (Å²) in [6.07, 6.45) is -0.00568. The Balaban J connectivity index is 2.18. The number of hydrogen-bond donors (Lipinski definition) is 1. The van der Waals surface area contributed by atoms with Crippen molar-refractivity contribution >= 4 is 11.6 Å². The molecule has 4 nitrogen and oxygen atoms in total. The zero-order valence-corrected chi connectivity index (χ0v) is 12.0. The number of rotatable bonds is 4. The molecule has 4 heteroatoms. The molecule has 0 heterocycles. The van der Waals surface area contributed by atoms with E-state index in [-0.39, 0.29) is 12.0 Å². The number of benzene rings is 2. The van der Waals surface area contributed by atoms with E-state index in [2.05, 4.69) is 5.32 Å². The van der Waals surface area contributed by atoms with Crippen molar-refractivity contribution in [3.05, 3.63) is 59.7 Å². The third-order valence-corrected chi connectivity index (χ3v) is 2.77. The van der Waals surface area contributed by atoms with Gasteiger partial charge in [0.2, 0.25) is 0 Å². The van der Waals surface area contributed by atoms with Crippen LogP contribution in [0, 0.1) is 11.3 Å². The fourth-order valence-electron chi connectivity index (χ4n) is 1.84. The molecule has 2 aromatic carbocycles. The zero-order chi connectivity index (χ0) is 15.2. The molecule has 0 aromatic heterocycles. The molecule has 0 aliphatic carbocycles. The summed E-state index contributed by atoms with van der Waals surface area (Å²) in [7, 11) is 0. The number of carbonyl (C=O) groups excluding carboxylic acids is 1. The van der Waals surface area contributed by atoms with E-state index in [1.165, 1.54) is 0 Å². The molecule has 0 aliphatic rings. The molecule has 0 unspecified atom stereocenters. The van der Waals surface area contributed by atoms with E-state index in [1.807, 2.05) is 26.0 Å². The molecule has 0 saturated heterocycles. The lowest BCUT2D eigenvalue weighted by Gasteiger charge is -2.14. The second kappa shape index (κ2) is 6.58. The maximum absolute atomic E-state index is 12.3. The number of para-hydroxylation sites is 1. The minimum absolute atomic E-state index is 0.00568. The SMILES string of the molecule is CC(C)Oc1ccccc1C(=O)Nc1ccc(C#N)cc1. The Bertz CT molecular complexity index is 670. The van der Waals surface area contributed by atoms with Crippen LogP contribution in [0.2, 0.25) is 0 Å².